The van der Waals surface area contributed by atoms with Gasteiger partial charge in [-0.25, -0.2) is 36.5 Å². The lowest BCUT2D eigenvalue weighted by molar-refractivity contribution is -0.137. The summed E-state index contributed by atoms with van der Waals surface area (Å²) in [5, 5.41) is 15.5. The number of nitrogens with two attached hydrogens (primary N) is 1. The van der Waals surface area contributed by atoms with Crippen molar-refractivity contribution in [1.82, 2.24) is 46.4 Å². The number of nitrogens with one attached hydrogen (secondary N) is 7. The first kappa shape index (κ1) is 65.6. The first-order valence-electron chi connectivity index (χ1n) is 25.9. The van der Waals surface area contributed by atoms with E-state index in [4.69, 9.17) is 20.2 Å². The molecule has 2 aromatic carbocycles. The average Bonchev–Trinajstić information content (AvgIpc) is 3.30. The molecule has 0 fully saturated rings. The van der Waals surface area contributed by atoms with E-state index in [1.165, 1.54) is 38.2 Å². The number of hydrogen-bond acceptors (Lipinski definition) is 17. The van der Waals surface area contributed by atoms with Crippen LogP contribution in [0.3, 0.4) is 0 Å². The van der Waals surface area contributed by atoms with Gasteiger partial charge in [0.25, 0.3) is 21.8 Å². The van der Waals surface area contributed by atoms with Crippen molar-refractivity contribution < 1.29 is 74.2 Å². The Kier molecular flexibility index (Phi) is 23.4. The van der Waals surface area contributed by atoms with Gasteiger partial charge in [0.15, 0.2) is 10.7 Å². The first-order chi connectivity index (χ1) is 39.1. The Morgan fingerprint density at radius 3 is 1.99 bits per heavy atom. The summed E-state index contributed by atoms with van der Waals surface area (Å²) in [5.74, 6) is -10.9. The van der Waals surface area contributed by atoms with Gasteiger partial charge in [-0.3, -0.25) is 58.1 Å². The molecule has 0 spiro atoms. The van der Waals surface area contributed by atoms with Crippen molar-refractivity contribution in [2.24, 2.45) is 11.7 Å². The minimum absolute atomic E-state index is 0.00213. The number of carbonyl (C=O) groups excluding carboxylic acids is 9. The van der Waals surface area contributed by atoms with Crippen molar-refractivity contribution in [3.05, 3.63) is 83.3 Å². The minimum atomic E-state index is -4.98. The monoisotopic (exact) mass is 1200 g/mol. The molecule has 1 aliphatic heterocycles. The van der Waals surface area contributed by atoms with Crippen molar-refractivity contribution >= 4 is 86.2 Å². The summed E-state index contributed by atoms with van der Waals surface area (Å²) in [6.07, 6.45) is 2.63. The van der Waals surface area contributed by atoms with E-state index in [1.54, 1.807) is 13.8 Å². The molecule has 0 saturated heterocycles. The number of carbonyl (C=O) groups is 9. The number of sulfonamides is 1. The zero-order valence-electron chi connectivity index (χ0n) is 46.4. The molecule has 3 heterocycles. The third kappa shape index (κ3) is 19.2. The molecule has 0 bridgehead atoms. The Morgan fingerprint density at radius 2 is 1.35 bits per heavy atom. The van der Waals surface area contributed by atoms with Crippen molar-refractivity contribution in [2.75, 3.05) is 49.6 Å². The quantitative estimate of drug-likeness (QED) is 0.0275. The Hall–Kier alpha value is -8.22. The Balaban J connectivity index is 1.15. The Labute approximate surface area is 480 Å². The highest BCUT2D eigenvalue weighted by Crippen LogP contribution is 2.42. The minimum Gasteiger partial charge on any atom is -0.379 e. The van der Waals surface area contributed by atoms with Crippen LogP contribution in [0.1, 0.15) is 79.2 Å². The zero-order valence-corrected chi connectivity index (χ0v) is 48.0. The lowest BCUT2D eigenvalue weighted by Crippen LogP contribution is -2.57. The number of amides is 9. The summed E-state index contributed by atoms with van der Waals surface area (Å²) in [5.41, 5.74) is 4.09. The number of hydrogen-bond donors (Lipinski definition) is 8. The smallest absolute Gasteiger partial charge is 0.267 e. The van der Waals surface area contributed by atoms with E-state index in [1.807, 2.05) is 25.5 Å². The van der Waals surface area contributed by atoms with Gasteiger partial charge in [-0.05, 0) is 56.5 Å². The standard InChI is InChI=1S/C53H65F3N12O13S2/c1-28(2)26-36(50(77)66-52-59-19-16-35(64-52)45-44(65-51(82-45)53(5,6)7)31-10-8-13-34(43(31)56)67-83(78,79)46-32(54)11-9-12-33(46)55)63-49(76)37(27-38(57)69)62-48(75)30(4)61-47(74)29(3)60-40(71)18-22-80-24-25-81-23-20-58-39(70)17-21-68-41(72)14-15-42(68)73/h8-16,19,28-30,36-37,67H,17-18,20-27H2,1-7H3,(H2,57,69)(H,58,70)(H,60,71)(H,61,74)(H,62,75)(H,63,76)(H,59,64,66,77)/t29-,30-,36?,37-/m1/s1. The summed E-state index contributed by atoms with van der Waals surface area (Å²) in [4.78, 5) is 127. The van der Waals surface area contributed by atoms with E-state index in [-0.39, 0.29) is 98.4 Å². The third-order valence-corrected chi connectivity index (χ3v) is 14.8. The molecule has 448 valence electrons. The van der Waals surface area contributed by atoms with Crippen molar-refractivity contribution in [2.45, 2.75) is 109 Å². The lowest BCUT2D eigenvalue weighted by Gasteiger charge is -2.25. The van der Waals surface area contributed by atoms with Crippen molar-refractivity contribution in [3.63, 3.8) is 0 Å². The van der Waals surface area contributed by atoms with Crippen LogP contribution in [-0.4, -0.2) is 145 Å². The molecular weight excluding hydrogens is 1130 g/mol. The molecule has 9 amide bonds. The number of rotatable bonds is 30. The van der Waals surface area contributed by atoms with E-state index in [0.29, 0.717) is 5.01 Å². The molecule has 0 radical (unpaired) electrons. The summed E-state index contributed by atoms with van der Waals surface area (Å²) in [6, 6.07) is 2.13. The Bertz CT molecular complexity index is 3190. The van der Waals surface area contributed by atoms with Crippen LogP contribution in [0.15, 0.2) is 65.7 Å². The van der Waals surface area contributed by atoms with Gasteiger partial charge in [0.1, 0.15) is 35.8 Å². The molecule has 4 aromatic rings. The molecule has 1 aliphatic rings. The summed E-state index contributed by atoms with van der Waals surface area (Å²) in [7, 11) is -4.98. The van der Waals surface area contributed by atoms with Crippen molar-refractivity contribution in [1.29, 1.82) is 0 Å². The van der Waals surface area contributed by atoms with E-state index in [2.05, 4.69) is 41.9 Å². The maximum absolute atomic E-state index is 16.5. The van der Waals surface area contributed by atoms with Crippen LogP contribution in [0, 0.1) is 23.4 Å². The molecule has 1 unspecified atom stereocenters. The first-order valence-corrected chi connectivity index (χ1v) is 28.2. The van der Waals surface area contributed by atoms with Crippen LogP contribution in [0.2, 0.25) is 0 Å². The third-order valence-electron chi connectivity index (χ3n) is 11.9. The lowest BCUT2D eigenvalue weighted by atomic mass is 9.98. The number of benzene rings is 2. The second-order valence-corrected chi connectivity index (χ2v) is 22.8. The van der Waals surface area contributed by atoms with Gasteiger partial charge in [-0.1, -0.05) is 46.8 Å². The number of ether oxygens (including phenoxy) is 2. The highest BCUT2D eigenvalue weighted by molar-refractivity contribution is 7.92. The molecule has 9 N–H and O–H groups in total. The highest BCUT2D eigenvalue weighted by Gasteiger charge is 2.33. The fraction of sp³-hybridized carbons (Fsp3) is 0.434. The molecule has 30 heteroatoms. The van der Waals surface area contributed by atoms with Gasteiger partial charge in [-0.15, -0.1) is 11.3 Å². The molecule has 0 aliphatic carbocycles. The number of aromatic nitrogens is 3. The topological polar surface area (TPSA) is 358 Å². The molecule has 5 rings (SSSR count). The molecule has 25 nitrogen and oxygen atoms in total. The molecular formula is C53H65F3N12O13S2. The number of nitrogens with zero attached hydrogens (tertiary/aromatic N) is 4. The highest BCUT2D eigenvalue weighted by atomic mass is 32.2. The van der Waals surface area contributed by atoms with Crippen LogP contribution < -0.4 is 42.4 Å². The largest absolute Gasteiger partial charge is 0.379 e. The number of thiazole rings is 1. The zero-order chi connectivity index (χ0) is 61.3. The number of anilines is 2. The predicted octanol–water partition coefficient (Wildman–Crippen LogP) is 2.48. The molecule has 4 atom stereocenters. The van der Waals surface area contributed by atoms with Gasteiger partial charge < -0.3 is 41.8 Å². The number of halogens is 3. The predicted molar refractivity (Wildman–Crippen MR) is 295 cm³/mol. The van der Waals surface area contributed by atoms with Gasteiger partial charge in [0.2, 0.25) is 47.3 Å². The molecule has 83 heavy (non-hydrogen) atoms. The second kappa shape index (κ2) is 29.7. The van der Waals surface area contributed by atoms with Crippen LogP contribution in [0.5, 0.6) is 0 Å². The van der Waals surface area contributed by atoms with E-state index >= 15 is 4.39 Å². The van der Waals surface area contributed by atoms with Crippen LogP contribution >= 0.6 is 11.3 Å². The number of imide groups is 1. The fourth-order valence-corrected chi connectivity index (χ4v) is 9.94. The summed E-state index contributed by atoms with van der Waals surface area (Å²) in [6.45, 7) is 12.2. The van der Waals surface area contributed by atoms with E-state index in [9.17, 15) is 60.3 Å². The van der Waals surface area contributed by atoms with E-state index < -0.39 is 121 Å². The van der Waals surface area contributed by atoms with Gasteiger partial charge >= 0.3 is 0 Å². The molecule has 0 saturated carbocycles. The summed E-state index contributed by atoms with van der Waals surface area (Å²) < 4.78 is 84.5. The van der Waals surface area contributed by atoms with Gasteiger partial charge in [0, 0.05) is 55.3 Å². The van der Waals surface area contributed by atoms with E-state index in [0.717, 1.165) is 52.7 Å². The van der Waals surface area contributed by atoms with Crippen molar-refractivity contribution in [3.8, 4) is 21.8 Å². The second-order valence-electron chi connectivity index (χ2n) is 20.2. The van der Waals surface area contributed by atoms with Crippen LogP contribution in [-0.2, 0) is 68.1 Å². The van der Waals surface area contributed by atoms with Gasteiger partial charge in [0.05, 0.1) is 59.8 Å². The van der Waals surface area contributed by atoms with Crippen LogP contribution in [0.4, 0.5) is 24.8 Å². The normalized spacial score (nSPS) is 13.9. The molecule has 2 aromatic heterocycles. The maximum atomic E-state index is 16.5. The maximum Gasteiger partial charge on any atom is 0.267 e. The fourth-order valence-electron chi connectivity index (χ4n) is 7.64. The van der Waals surface area contributed by atoms with Gasteiger partial charge in [-0.2, -0.15) is 0 Å². The Morgan fingerprint density at radius 1 is 0.735 bits per heavy atom. The SMILES string of the molecule is CC(C)CC(NC(=O)[C@@H](CC(N)=O)NC(=O)[C@@H](C)NC(=O)[C@@H](C)NC(=O)CCOCCOCCNC(=O)CCN1C(=O)C=CC1=O)C(=O)Nc1nccc(-c2sc(C(C)(C)C)nc2-c2cccc(NS(=O)(=O)c3c(F)cccc3F)c2F)n1. The summed E-state index contributed by atoms with van der Waals surface area (Å²) >= 11 is 1.11. The average molecular weight is 1200 g/mol. The van der Waals surface area contributed by atoms with Crippen LogP contribution in [0.25, 0.3) is 21.8 Å². The number of primary amides is 1.